The van der Waals surface area contributed by atoms with E-state index in [4.69, 9.17) is 10.3 Å². The van der Waals surface area contributed by atoms with Crippen molar-refractivity contribution in [2.24, 2.45) is 11.1 Å². The third-order valence-electron chi connectivity index (χ3n) is 4.87. The monoisotopic (exact) mass is 392 g/mol. The number of carbonyl (C=O) groups excluding carboxylic acids is 2. The number of halogens is 1. The lowest BCUT2D eigenvalue weighted by Crippen LogP contribution is -2.55. The first kappa shape index (κ1) is 20.9. The van der Waals surface area contributed by atoms with Crippen molar-refractivity contribution in [1.82, 2.24) is 15.4 Å². The van der Waals surface area contributed by atoms with Crippen LogP contribution in [0.4, 0.5) is 0 Å². The van der Waals surface area contributed by atoms with E-state index in [0.717, 1.165) is 12.0 Å². The fourth-order valence-electron chi connectivity index (χ4n) is 3.07. The average molecular weight is 393 g/mol. The third-order valence-corrected chi connectivity index (χ3v) is 4.87. The highest BCUT2D eigenvalue weighted by atomic mass is 35.5. The van der Waals surface area contributed by atoms with Crippen LogP contribution in [-0.2, 0) is 4.79 Å². The summed E-state index contributed by atoms with van der Waals surface area (Å²) < 4.78 is 5.21. The van der Waals surface area contributed by atoms with Crippen molar-refractivity contribution in [3.63, 3.8) is 0 Å². The molecule has 1 aliphatic rings. The summed E-state index contributed by atoms with van der Waals surface area (Å²) in [5.74, 6) is -0.0452. The van der Waals surface area contributed by atoms with Gasteiger partial charge in [-0.3, -0.25) is 9.59 Å². The lowest BCUT2D eigenvalue weighted by Gasteiger charge is -2.42. The minimum atomic E-state index is -0.433. The molecule has 0 spiro atoms. The predicted molar refractivity (Wildman–Crippen MR) is 104 cm³/mol. The van der Waals surface area contributed by atoms with E-state index in [0.29, 0.717) is 18.8 Å². The van der Waals surface area contributed by atoms with Gasteiger partial charge in [-0.2, -0.15) is 0 Å². The summed E-state index contributed by atoms with van der Waals surface area (Å²) in [5.41, 5.74) is 6.95. The van der Waals surface area contributed by atoms with E-state index in [9.17, 15) is 9.59 Å². The Labute approximate surface area is 164 Å². The van der Waals surface area contributed by atoms with Gasteiger partial charge in [0.2, 0.25) is 5.91 Å². The van der Waals surface area contributed by atoms with E-state index in [2.05, 4.69) is 24.3 Å². The Bertz CT molecular complexity index is 791. The van der Waals surface area contributed by atoms with Crippen LogP contribution >= 0.6 is 12.4 Å². The molecule has 2 heterocycles. The van der Waals surface area contributed by atoms with Gasteiger partial charge in [-0.1, -0.05) is 49.3 Å². The van der Waals surface area contributed by atoms with Crippen LogP contribution in [0.3, 0.4) is 0 Å². The van der Waals surface area contributed by atoms with Crippen LogP contribution in [0.15, 0.2) is 40.9 Å². The number of hydrogen-bond acceptors (Lipinski definition) is 5. The standard InChI is InChI=1S/C19H24N4O3.ClH/c1-19(2)12-23(9-8-16(19)20)17(24)11-21-18(25)14-10-15(26-22-14)13-6-4-3-5-7-13;/h3-7,10,16H,8-9,11-12,20H2,1-2H3,(H,21,25);1H. The lowest BCUT2D eigenvalue weighted by molar-refractivity contribution is -0.133. The maximum Gasteiger partial charge on any atom is 0.273 e. The molecule has 27 heavy (non-hydrogen) atoms. The summed E-state index contributed by atoms with van der Waals surface area (Å²) in [6.07, 6.45) is 0.760. The average Bonchev–Trinajstić information content (AvgIpc) is 3.12. The van der Waals surface area contributed by atoms with Gasteiger partial charge in [0.05, 0.1) is 6.54 Å². The molecule has 1 atom stereocenters. The van der Waals surface area contributed by atoms with E-state index < -0.39 is 5.91 Å². The van der Waals surface area contributed by atoms with Crippen molar-refractivity contribution < 1.29 is 14.1 Å². The molecule has 1 aliphatic heterocycles. The highest BCUT2D eigenvalue weighted by Gasteiger charge is 2.35. The van der Waals surface area contributed by atoms with Crippen LogP contribution in [-0.4, -0.2) is 47.5 Å². The van der Waals surface area contributed by atoms with E-state index in [1.165, 1.54) is 0 Å². The largest absolute Gasteiger partial charge is 0.355 e. The molecular weight excluding hydrogens is 368 g/mol. The number of nitrogens with zero attached hydrogens (tertiary/aromatic N) is 2. The van der Waals surface area contributed by atoms with Crippen LogP contribution in [0.5, 0.6) is 0 Å². The van der Waals surface area contributed by atoms with Gasteiger partial charge in [0.15, 0.2) is 11.5 Å². The quantitative estimate of drug-likeness (QED) is 0.829. The Balaban J connectivity index is 0.00000261. The van der Waals surface area contributed by atoms with Crippen molar-refractivity contribution in [3.8, 4) is 11.3 Å². The molecule has 0 bridgehead atoms. The molecule has 3 N–H and O–H groups in total. The first-order valence-corrected chi connectivity index (χ1v) is 8.70. The van der Waals surface area contributed by atoms with Gasteiger partial charge in [-0.05, 0) is 11.8 Å². The fraction of sp³-hybridized carbons (Fsp3) is 0.421. The number of nitrogens with one attached hydrogen (secondary N) is 1. The Morgan fingerprint density at radius 1 is 1.33 bits per heavy atom. The van der Waals surface area contributed by atoms with Gasteiger partial charge in [-0.25, -0.2) is 0 Å². The van der Waals surface area contributed by atoms with E-state index in [1.807, 2.05) is 30.3 Å². The molecule has 146 valence electrons. The molecule has 3 rings (SSSR count). The highest BCUT2D eigenvalue weighted by Crippen LogP contribution is 2.27. The second-order valence-electron chi connectivity index (χ2n) is 7.32. The molecule has 2 aromatic rings. The molecule has 2 amide bonds. The number of benzene rings is 1. The van der Waals surface area contributed by atoms with Gasteiger partial charge in [-0.15, -0.1) is 12.4 Å². The van der Waals surface area contributed by atoms with Gasteiger partial charge in [0.1, 0.15) is 0 Å². The summed E-state index contributed by atoms with van der Waals surface area (Å²) in [4.78, 5) is 26.4. The molecule has 1 aromatic carbocycles. The van der Waals surface area contributed by atoms with E-state index in [1.54, 1.807) is 11.0 Å². The number of hydrogen-bond donors (Lipinski definition) is 2. The molecule has 1 saturated heterocycles. The van der Waals surface area contributed by atoms with Gasteiger partial charge >= 0.3 is 0 Å². The lowest BCUT2D eigenvalue weighted by atomic mass is 9.79. The van der Waals surface area contributed by atoms with Crippen molar-refractivity contribution in [1.29, 1.82) is 0 Å². The maximum absolute atomic E-state index is 12.4. The van der Waals surface area contributed by atoms with Crippen molar-refractivity contribution in [2.45, 2.75) is 26.3 Å². The van der Waals surface area contributed by atoms with Crippen LogP contribution in [0.2, 0.25) is 0 Å². The van der Waals surface area contributed by atoms with Gasteiger partial charge < -0.3 is 20.5 Å². The Morgan fingerprint density at radius 3 is 2.70 bits per heavy atom. The molecule has 0 aliphatic carbocycles. The van der Waals surface area contributed by atoms with Gasteiger partial charge in [0.25, 0.3) is 5.91 Å². The fourth-order valence-corrected chi connectivity index (χ4v) is 3.07. The van der Waals surface area contributed by atoms with Crippen molar-refractivity contribution in [3.05, 3.63) is 42.1 Å². The number of carbonyl (C=O) groups is 2. The Morgan fingerprint density at radius 2 is 2.04 bits per heavy atom. The minimum Gasteiger partial charge on any atom is -0.355 e. The molecule has 1 fully saturated rings. The van der Waals surface area contributed by atoms with Crippen LogP contribution < -0.4 is 11.1 Å². The number of rotatable bonds is 4. The molecule has 7 nitrogen and oxygen atoms in total. The zero-order chi connectivity index (χ0) is 18.7. The predicted octanol–water partition coefficient (Wildman–Crippen LogP) is 2.08. The number of aromatic nitrogens is 1. The van der Waals surface area contributed by atoms with Crippen molar-refractivity contribution >= 4 is 24.2 Å². The number of piperidine rings is 1. The van der Waals surface area contributed by atoms with Crippen molar-refractivity contribution in [2.75, 3.05) is 19.6 Å². The molecule has 0 radical (unpaired) electrons. The Kier molecular flexibility index (Phi) is 6.62. The first-order valence-electron chi connectivity index (χ1n) is 8.70. The van der Waals surface area contributed by atoms with Crippen LogP contribution in [0, 0.1) is 5.41 Å². The molecule has 1 aromatic heterocycles. The molecule has 8 heteroatoms. The topological polar surface area (TPSA) is 101 Å². The first-order chi connectivity index (χ1) is 12.4. The van der Waals surface area contributed by atoms with E-state index in [-0.39, 0.29) is 42.0 Å². The maximum atomic E-state index is 12.4. The Hall–Kier alpha value is -2.38. The summed E-state index contributed by atoms with van der Waals surface area (Å²) in [7, 11) is 0. The zero-order valence-electron chi connectivity index (χ0n) is 15.5. The van der Waals surface area contributed by atoms with Crippen LogP contribution in [0.25, 0.3) is 11.3 Å². The normalized spacial score (nSPS) is 18.5. The number of likely N-dealkylation sites (tertiary alicyclic amines) is 1. The van der Waals surface area contributed by atoms with Gasteiger partial charge in [0, 0.05) is 30.8 Å². The smallest absolute Gasteiger partial charge is 0.273 e. The van der Waals surface area contributed by atoms with Crippen LogP contribution in [0.1, 0.15) is 30.8 Å². The second kappa shape index (κ2) is 8.54. The summed E-state index contributed by atoms with van der Waals surface area (Å²) in [6, 6.07) is 11.0. The number of nitrogens with two attached hydrogens (primary N) is 1. The summed E-state index contributed by atoms with van der Waals surface area (Å²) in [6.45, 7) is 5.23. The second-order valence-corrected chi connectivity index (χ2v) is 7.32. The molecule has 1 unspecified atom stereocenters. The molecule has 0 saturated carbocycles. The summed E-state index contributed by atoms with van der Waals surface area (Å²) in [5, 5.41) is 6.40. The van der Waals surface area contributed by atoms with E-state index >= 15 is 0 Å². The highest BCUT2D eigenvalue weighted by molar-refractivity contribution is 5.95. The number of amides is 2. The third kappa shape index (κ3) is 4.87. The zero-order valence-corrected chi connectivity index (χ0v) is 16.3. The molecular formula is C19H25ClN4O3. The minimum absolute atomic E-state index is 0. The SMILES string of the molecule is CC1(C)CN(C(=O)CNC(=O)c2cc(-c3ccccc3)on2)CCC1N.Cl. The summed E-state index contributed by atoms with van der Waals surface area (Å²) >= 11 is 0.